The molecule has 1 aromatic heterocycles. The summed E-state index contributed by atoms with van der Waals surface area (Å²) < 4.78 is 2.03. The quantitative estimate of drug-likeness (QED) is 0.779. The Bertz CT molecular complexity index is 353. The summed E-state index contributed by atoms with van der Waals surface area (Å²) in [6, 6.07) is 0.715. The minimum Gasteiger partial charge on any atom is -0.314 e. The van der Waals surface area contributed by atoms with Crippen LogP contribution < -0.4 is 5.32 Å². The molecule has 1 unspecified atom stereocenters. The van der Waals surface area contributed by atoms with Crippen molar-refractivity contribution in [3.63, 3.8) is 0 Å². The number of nitrogens with one attached hydrogen (secondary N) is 1. The third-order valence-corrected chi connectivity index (χ3v) is 4.38. The third kappa shape index (κ3) is 4.34. The van der Waals surface area contributed by atoms with E-state index in [1.807, 2.05) is 10.9 Å². The van der Waals surface area contributed by atoms with Gasteiger partial charge >= 0.3 is 0 Å². The van der Waals surface area contributed by atoms with E-state index in [4.69, 9.17) is 0 Å². The maximum Gasteiger partial charge on any atom is 0.0521 e. The predicted molar refractivity (Wildman–Crippen MR) is 80.3 cm³/mol. The molecule has 108 valence electrons. The summed E-state index contributed by atoms with van der Waals surface area (Å²) in [6.07, 6.45) is 13.6. The van der Waals surface area contributed by atoms with Crippen molar-refractivity contribution in [2.45, 2.75) is 71.4 Å². The molecule has 0 radical (unpaired) electrons. The van der Waals surface area contributed by atoms with Gasteiger partial charge in [-0.2, -0.15) is 5.10 Å². The number of nitrogens with zero attached hydrogens (tertiary/aromatic N) is 2. The van der Waals surface area contributed by atoms with Crippen LogP contribution in [0.2, 0.25) is 0 Å². The summed E-state index contributed by atoms with van der Waals surface area (Å²) in [6.45, 7) is 6.53. The van der Waals surface area contributed by atoms with Gasteiger partial charge in [-0.25, -0.2) is 0 Å². The topological polar surface area (TPSA) is 29.9 Å². The normalized spacial score (nSPS) is 18.0. The molecule has 3 heteroatoms. The van der Waals surface area contributed by atoms with Crippen LogP contribution in [0.5, 0.6) is 0 Å². The van der Waals surface area contributed by atoms with Crippen LogP contribution in [-0.2, 0) is 13.0 Å². The molecule has 1 aromatic rings. The van der Waals surface area contributed by atoms with Crippen molar-refractivity contribution >= 4 is 0 Å². The minimum absolute atomic E-state index is 0.715. The Kier molecular flexibility index (Phi) is 5.90. The van der Waals surface area contributed by atoms with Gasteiger partial charge in [-0.05, 0) is 57.1 Å². The standard InChI is InChI=1S/C16H29N3/c1-3-11-17-16(15-7-5-6-8-15)10-9-14-12-18-19(4-2)13-14/h12-13,15-17H,3-11H2,1-2H3. The molecular weight excluding hydrogens is 234 g/mol. The van der Waals surface area contributed by atoms with Crippen molar-refractivity contribution in [2.75, 3.05) is 6.54 Å². The average Bonchev–Trinajstić information content (AvgIpc) is 3.10. The van der Waals surface area contributed by atoms with Gasteiger partial charge in [0.05, 0.1) is 6.20 Å². The molecule has 0 bridgehead atoms. The van der Waals surface area contributed by atoms with Gasteiger partial charge in [0.2, 0.25) is 0 Å². The molecule has 1 N–H and O–H groups in total. The van der Waals surface area contributed by atoms with Crippen molar-refractivity contribution in [2.24, 2.45) is 5.92 Å². The zero-order valence-corrected chi connectivity index (χ0v) is 12.6. The maximum atomic E-state index is 4.37. The molecule has 0 aromatic carbocycles. The molecule has 3 nitrogen and oxygen atoms in total. The van der Waals surface area contributed by atoms with Crippen molar-refractivity contribution in [1.82, 2.24) is 15.1 Å². The van der Waals surface area contributed by atoms with E-state index in [0.717, 1.165) is 25.4 Å². The largest absolute Gasteiger partial charge is 0.314 e. The zero-order valence-electron chi connectivity index (χ0n) is 12.6. The van der Waals surface area contributed by atoms with E-state index in [0.29, 0.717) is 6.04 Å². The summed E-state index contributed by atoms with van der Waals surface area (Å²) in [5.41, 5.74) is 1.39. The van der Waals surface area contributed by atoms with Crippen molar-refractivity contribution in [1.29, 1.82) is 0 Å². The van der Waals surface area contributed by atoms with Crippen LogP contribution >= 0.6 is 0 Å². The second-order valence-corrected chi connectivity index (χ2v) is 5.85. The first-order valence-electron chi connectivity index (χ1n) is 8.08. The van der Waals surface area contributed by atoms with Gasteiger partial charge in [0, 0.05) is 18.8 Å². The van der Waals surface area contributed by atoms with Gasteiger partial charge in [-0.1, -0.05) is 19.8 Å². The molecule has 1 saturated carbocycles. The van der Waals surface area contributed by atoms with Crippen LogP contribution in [0.4, 0.5) is 0 Å². The molecule has 1 aliphatic carbocycles. The number of aromatic nitrogens is 2. The molecule has 2 rings (SSSR count). The highest BCUT2D eigenvalue weighted by Gasteiger charge is 2.24. The van der Waals surface area contributed by atoms with E-state index < -0.39 is 0 Å². The summed E-state index contributed by atoms with van der Waals surface area (Å²) >= 11 is 0. The molecule has 0 spiro atoms. The second-order valence-electron chi connectivity index (χ2n) is 5.85. The lowest BCUT2D eigenvalue weighted by Crippen LogP contribution is -2.36. The molecule has 1 fully saturated rings. The zero-order chi connectivity index (χ0) is 13.5. The average molecular weight is 263 g/mol. The highest BCUT2D eigenvalue weighted by atomic mass is 15.3. The van der Waals surface area contributed by atoms with Gasteiger partial charge in [-0.15, -0.1) is 0 Å². The van der Waals surface area contributed by atoms with Crippen molar-refractivity contribution in [3.05, 3.63) is 18.0 Å². The van der Waals surface area contributed by atoms with E-state index in [-0.39, 0.29) is 0 Å². The Morgan fingerprint density at radius 2 is 2.16 bits per heavy atom. The SMILES string of the molecule is CCCNC(CCc1cnn(CC)c1)C1CCCC1. The summed E-state index contributed by atoms with van der Waals surface area (Å²) in [5.74, 6) is 0.910. The van der Waals surface area contributed by atoms with Gasteiger partial charge in [0.25, 0.3) is 0 Å². The highest BCUT2D eigenvalue weighted by Crippen LogP contribution is 2.29. The maximum absolute atomic E-state index is 4.37. The van der Waals surface area contributed by atoms with Crippen molar-refractivity contribution in [3.8, 4) is 0 Å². The monoisotopic (exact) mass is 263 g/mol. The molecule has 19 heavy (non-hydrogen) atoms. The Morgan fingerprint density at radius 1 is 1.37 bits per heavy atom. The molecule has 0 aliphatic heterocycles. The Hall–Kier alpha value is -0.830. The lowest BCUT2D eigenvalue weighted by molar-refractivity contribution is 0.341. The van der Waals surface area contributed by atoms with E-state index in [1.54, 1.807) is 0 Å². The van der Waals surface area contributed by atoms with Gasteiger partial charge in [0.15, 0.2) is 0 Å². The molecule has 0 amide bonds. The number of aryl methyl sites for hydroxylation is 2. The van der Waals surface area contributed by atoms with Gasteiger partial charge in [0.1, 0.15) is 0 Å². The van der Waals surface area contributed by atoms with E-state index in [9.17, 15) is 0 Å². The van der Waals surface area contributed by atoms with Crippen molar-refractivity contribution < 1.29 is 0 Å². The lowest BCUT2D eigenvalue weighted by Gasteiger charge is -2.24. The van der Waals surface area contributed by atoms with Crippen LogP contribution in [0.25, 0.3) is 0 Å². The van der Waals surface area contributed by atoms with Crippen LogP contribution in [0.1, 0.15) is 57.9 Å². The number of rotatable bonds is 8. The van der Waals surface area contributed by atoms with E-state index >= 15 is 0 Å². The fourth-order valence-corrected chi connectivity index (χ4v) is 3.22. The third-order valence-electron chi connectivity index (χ3n) is 4.38. The Labute approximate surface area is 117 Å². The first-order chi connectivity index (χ1) is 9.33. The predicted octanol–water partition coefficient (Wildman–Crippen LogP) is 3.39. The summed E-state index contributed by atoms with van der Waals surface area (Å²) in [5, 5.41) is 8.14. The lowest BCUT2D eigenvalue weighted by atomic mass is 9.93. The van der Waals surface area contributed by atoms with Gasteiger partial charge in [-0.3, -0.25) is 4.68 Å². The van der Waals surface area contributed by atoms with Gasteiger partial charge < -0.3 is 5.32 Å². The summed E-state index contributed by atoms with van der Waals surface area (Å²) in [7, 11) is 0. The highest BCUT2D eigenvalue weighted by molar-refractivity contribution is 5.04. The second kappa shape index (κ2) is 7.68. The fraction of sp³-hybridized carbons (Fsp3) is 0.812. The molecular formula is C16H29N3. The molecule has 1 aliphatic rings. The first-order valence-corrected chi connectivity index (χ1v) is 8.08. The Morgan fingerprint density at radius 3 is 2.79 bits per heavy atom. The Balaban J connectivity index is 1.84. The number of hydrogen-bond donors (Lipinski definition) is 1. The molecule has 1 heterocycles. The molecule has 0 saturated heterocycles. The van der Waals surface area contributed by atoms with E-state index in [2.05, 4.69) is 30.5 Å². The minimum atomic E-state index is 0.715. The number of hydrogen-bond acceptors (Lipinski definition) is 2. The smallest absolute Gasteiger partial charge is 0.0521 e. The van der Waals surface area contributed by atoms with Crippen LogP contribution in [0.15, 0.2) is 12.4 Å². The van der Waals surface area contributed by atoms with Crippen LogP contribution in [0, 0.1) is 5.92 Å². The van der Waals surface area contributed by atoms with E-state index in [1.165, 1.54) is 44.1 Å². The molecule has 1 atom stereocenters. The fourth-order valence-electron chi connectivity index (χ4n) is 3.22. The van der Waals surface area contributed by atoms with Crippen LogP contribution in [0.3, 0.4) is 0 Å². The van der Waals surface area contributed by atoms with Crippen LogP contribution in [-0.4, -0.2) is 22.4 Å². The first kappa shape index (κ1) is 14.6. The summed E-state index contributed by atoms with van der Waals surface area (Å²) in [4.78, 5) is 0.